The van der Waals surface area contributed by atoms with Crippen molar-refractivity contribution < 1.29 is 19.1 Å². The standard InChI is InChI=1S/C19H25N3O4/c1-12(23)22-16(19(25)20-2)9-14-10-21(11-17(14)22)18(24)8-13-5-4-6-15(7-13)26-3/h4-7,14,16-17H,8-11H2,1-3H3,(H,20,25)/t14-,16-,17+/m0/s1. The summed E-state index contributed by atoms with van der Waals surface area (Å²) in [5.74, 6) is 0.657. The van der Waals surface area contributed by atoms with Crippen molar-refractivity contribution in [2.45, 2.75) is 31.8 Å². The fourth-order valence-electron chi connectivity index (χ4n) is 4.16. The molecule has 2 fully saturated rings. The predicted molar refractivity (Wildman–Crippen MR) is 95.5 cm³/mol. The van der Waals surface area contributed by atoms with Crippen molar-refractivity contribution in [3.05, 3.63) is 29.8 Å². The van der Waals surface area contributed by atoms with Crippen LogP contribution in [0.15, 0.2) is 24.3 Å². The number of fused-ring (bicyclic) bond motifs is 1. The Balaban J connectivity index is 1.68. The van der Waals surface area contributed by atoms with Gasteiger partial charge in [-0.2, -0.15) is 0 Å². The number of carbonyl (C=O) groups excluding carboxylic acids is 3. The van der Waals surface area contributed by atoms with Crippen LogP contribution in [0.1, 0.15) is 18.9 Å². The number of likely N-dealkylation sites (N-methyl/N-ethyl adjacent to an activating group) is 1. The number of rotatable bonds is 4. The Morgan fingerprint density at radius 2 is 2.04 bits per heavy atom. The normalized spacial score (nSPS) is 24.3. The second kappa shape index (κ2) is 7.35. The molecule has 2 aliphatic rings. The first-order valence-electron chi connectivity index (χ1n) is 8.85. The molecule has 0 saturated carbocycles. The highest BCUT2D eigenvalue weighted by Gasteiger charge is 2.50. The minimum absolute atomic E-state index is 0.0349. The molecule has 3 rings (SSSR count). The largest absolute Gasteiger partial charge is 0.497 e. The Bertz CT molecular complexity index is 720. The van der Waals surface area contributed by atoms with E-state index in [0.29, 0.717) is 25.9 Å². The number of carbonyl (C=O) groups is 3. The zero-order valence-corrected chi connectivity index (χ0v) is 15.4. The van der Waals surface area contributed by atoms with Crippen LogP contribution in [0.3, 0.4) is 0 Å². The van der Waals surface area contributed by atoms with Crippen LogP contribution >= 0.6 is 0 Å². The highest BCUT2D eigenvalue weighted by atomic mass is 16.5. The topological polar surface area (TPSA) is 79.0 Å². The first kappa shape index (κ1) is 18.2. The maximum atomic E-state index is 12.7. The van der Waals surface area contributed by atoms with E-state index in [1.165, 1.54) is 6.92 Å². The van der Waals surface area contributed by atoms with E-state index in [1.807, 2.05) is 29.2 Å². The Morgan fingerprint density at radius 1 is 1.27 bits per heavy atom. The molecule has 140 valence electrons. The van der Waals surface area contributed by atoms with Crippen molar-refractivity contribution in [1.29, 1.82) is 0 Å². The summed E-state index contributed by atoms with van der Waals surface area (Å²) in [6.45, 7) is 2.56. The van der Waals surface area contributed by atoms with Gasteiger partial charge in [0.05, 0.1) is 19.6 Å². The van der Waals surface area contributed by atoms with Gasteiger partial charge in [0.1, 0.15) is 11.8 Å². The van der Waals surface area contributed by atoms with Gasteiger partial charge in [-0.1, -0.05) is 12.1 Å². The van der Waals surface area contributed by atoms with E-state index in [0.717, 1.165) is 11.3 Å². The third-order valence-corrected chi connectivity index (χ3v) is 5.38. The number of amides is 3. The number of ether oxygens (including phenoxy) is 1. The van der Waals surface area contributed by atoms with Gasteiger partial charge in [-0.05, 0) is 24.1 Å². The van der Waals surface area contributed by atoms with Crippen LogP contribution < -0.4 is 10.1 Å². The molecule has 0 unspecified atom stereocenters. The van der Waals surface area contributed by atoms with Gasteiger partial charge in [-0.25, -0.2) is 0 Å². The van der Waals surface area contributed by atoms with Gasteiger partial charge in [0.25, 0.3) is 0 Å². The maximum absolute atomic E-state index is 12.7. The zero-order valence-electron chi connectivity index (χ0n) is 15.4. The van der Waals surface area contributed by atoms with Gasteiger partial charge >= 0.3 is 0 Å². The third kappa shape index (κ3) is 3.38. The van der Waals surface area contributed by atoms with E-state index in [4.69, 9.17) is 4.74 Å². The molecular formula is C19H25N3O4. The van der Waals surface area contributed by atoms with Crippen molar-refractivity contribution in [3.8, 4) is 5.75 Å². The summed E-state index contributed by atoms with van der Waals surface area (Å²) in [6, 6.07) is 6.97. The third-order valence-electron chi connectivity index (χ3n) is 5.38. The van der Waals surface area contributed by atoms with Gasteiger partial charge in [0.2, 0.25) is 17.7 Å². The second-order valence-electron chi connectivity index (χ2n) is 6.95. The highest BCUT2D eigenvalue weighted by molar-refractivity contribution is 5.88. The van der Waals surface area contributed by atoms with Crippen molar-refractivity contribution in [2.75, 3.05) is 27.2 Å². The monoisotopic (exact) mass is 359 g/mol. The molecular weight excluding hydrogens is 334 g/mol. The van der Waals surface area contributed by atoms with E-state index in [1.54, 1.807) is 19.1 Å². The predicted octanol–water partition coefficient (Wildman–Crippen LogP) is 0.431. The summed E-state index contributed by atoms with van der Waals surface area (Å²) in [6.07, 6.45) is 0.905. The first-order chi connectivity index (χ1) is 12.4. The molecule has 0 bridgehead atoms. The molecule has 3 atom stereocenters. The fraction of sp³-hybridized carbons (Fsp3) is 0.526. The number of nitrogens with one attached hydrogen (secondary N) is 1. The summed E-state index contributed by atoms with van der Waals surface area (Å²) in [5, 5.41) is 2.63. The molecule has 3 amide bonds. The lowest BCUT2D eigenvalue weighted by Gasteiger charge is -2.28. The summed E-state index contributed by atoms with van der Waals surface area (Å²) >= 11 is 0. The summed E-state index contributed by atoms with van der Waals surface area (Å²) in [5.41, 5.74) is 0.901. The molecule has 1 aromatic rings. The Kier molecular flexibility index (Phi) is 5.15. The van der Waals surface area contributed by atoms with E-state index >= 15 is 0 Å². The lowest BCUT2D eigenvalue weighted by atomic mass is 10.0. The number of likely N-dealkylation sites (tertiary alicyclic amines) is 2. The lowest BCUT2D eigenvalue weighted by Crippen LogP contribution is -2.49. The van der Waals surface area contributed by atoms with Crippen LogP contribution in [0, 0.1) is 5.92 Å². The van der Waals surface area contributed by atoms with Gasteiger partial charge in [-0.3, -0.25) is 14.4 Å². The van der Waals surface area contributed by atoms with E-state index in [9.17, 15) is 14.4 Å². The van der Waals surface area contributed by atoms with Gasteiger partial charge in [-0.15, -0.1) is 0 Å². The Morgan fingerprint density at radius 3 is 2.69 bits per heavy atom. The smallest absolute Gasteiger partial charge is 0.242 e. The molecule has 7 nitrogen and oxygen atoms in total. The number of hydrogen-bond donors (Lipinski definition) is 1. The molecule has 2 heterocycles. The van der Waals surface area contributed by atoms with Crippen molar-refractivity contribution in [2.24, 2.45) is 5.92 Å². The van der Waals surface area contributed by atoms with Crippen LogP contribution in [-0.2, 0) is 20.8 Å². The highest BCUT2D eigenvalue weighted by Crippen LogP contribution is 2.36. The molecule has 1 aromatic carbocycles. The Labute approximate surface area is 153 Å². The Hall–Kier alpha value is -2.57. The second-order valence-corrected chi connectivity index (χ2v) is 6.95. The molecule has 26 heavy (non-hydrogen) atoms. The molecule has 0 spiro atoms. The van der Waals surface area contributed by atoms with E-state index < -0.39 is 6.04 Å². The van der Waals surface area contributed by atoms with Crippen LogP contribution in [-0.4, -0.2) is 66.9 Å². The van der Waals surface area contributed by atoms with E-state index in [-0.39, 0.29) is 29.7 Å². The molecule has 2 aliphatic heterocycles. The fourth-order valence-corrected chi connectivity index (χ4v) is 4.16. The van der Waals surface area contributed by atoms with Crippen LogP contribution in [0.5, 0.6) is 5.75 Å². The van der Waals surface area contributed by atoms with Crippen LogP contribution in [0.25, 0.3) is 0 Å². The number of nitrogens with zero attached hydrogens (tertiary/aromatic N) is 2. The van der Waals surface area contributed by atoms with Gasteiger partial charge in [0, 0.05) is 33.0 Å². The number of benzene rings is 1. The lowest BCUT2D eigenvalue weighted by molar-refractivity contribution is -0.139. The molecule has 0 aliphatic carbocycles. The SMILES string of the molecule is CNC(=O)[C@@H]1C[C@H]2CN(C(=O)Cc3cccc(OC)c3)C[C@H]2N1C(C)=O. The van der Waals surface area contributed by atoms with Crippen molar-refractivity contribution in [1.82, 2.24) is 15.1 Å². The number of methoxy groups -OCH3 is 1. The first-order valence-corrected chi connectivity index (χ1v) is 8.85. The minimum atomic E-state index is -0.428. The van der Waals surface area contributed by atoms with Crippen molar-refractivity contribution >= 4 is 17.7 Å². The zero-order chi connectivity index (χ0) is 18.8. The van der Waals surface area contributed by atoms with Crippen LogP contribution in [0.4, 0.5) is 0 Å². The quantitative estimate of drug-likeness (QED) is 0.846. The number of hydrogen-bond acceptors (Lipinski definition) is 4. The van der Waals surface area contributed by atoms with Gasteiger partial charge < -0.3 is 19.9 Å². The molecule has 0 aromatic heterocycles. The summed E-state index contributed by atoms with van der Waals surface area (Å²) < 4.78 is 5.20. The van der Waals surface area contributed by atoms with Crippen molar-refractivity contribution in [3.63, 3.8) is 0 Å². The average Bonchev–Trinajstić information content (AvgIpc) is 3.18. The maximum Gasteiger partial charge on any atom is 0.242 e. The summed E-state index contributed by atoms with van der Waals surface area (Å²) in [4.78, 5) is 40.3. The minimum Gasteiger partial charge on any atom is -0.497 e. The molecule has 7 heteroatoms. The van der Waals surface area contributed by atoms with E-state index in [2.05, 4.69) is 5.32 Å². The van der Waals surface area contributed by atoms with Crippen LogP contribution in [0.2, 0.25) is 0 Å². The summed E-state index contributed by atoms with van der Waals surface area (Å²) in [7, 11) is 3.18. The molecule has 2 saturated heterocycles. The average molecular weight is 359 g/mol. The van der Waals surface area contributed by atoms with Gasteiger partial charge in [0.15, 0.2) is 0 Å². The molecule has 1 N–H and O–H groups in total. The molecule has 0 radical (unpaired) electrons.